The van der Waals surface area contributed by atoms with E-state index in [4.69, 9.17) is 5.73 Å². The lowest BCUT2D eigenvalue weighted by Crippen LogP contribution is -2.17. The number of thiophene rings is 1. The minimum Gasteiger partial charge on any atom is -0.397 e. The normalized spacial score (nSPS) is 18.1. The summed E-state index contributed by atoms with van der Waals surface area (Å²) in [6.45, 7) is 6.67. The lowest BCUT2D eigenvalue weighted by molar-refractivity contribution is 0.0972. The molecule has 0 aliphatic heterocycles. The number of nitrogens with one attached hydrogen (secondary N) is 1. The number of hydrogen-bond acceptors (Lipinski definition) is 4. The van der Waals surface area contributed by atoms with Gasteiger partial charge in [-0.05, 0) is 38.2 Å². The molecular formula is C15H24N2OS. The third-order valence-corrected chi connectivity index (χ3v) is 4.87. The molecule has 3 nitrogen and oxygen atoms in total. The summed E-state index contributed by atoms with van der Waals surface area (Å²) in [5.41, 5.74) is 6.60. The minimum absolute atomic E-state index is 0.241. The van der Waals surface area contributed by atoms with E-state index in [1.54, 1.807) is 0 Å². The lowest BCUT2D eigenvalue weighted by Gasteiger charge is -2.17. The molecule has 4 heteroatoms. The van der Waals surface area contributed by atoms with E-state index in [2.05, 4.69) is 26.1 Å². The zero-order valence-electron chi connectivity index (χ0n) is 12.0. The van der Waals surface area contributed by atoms with Gasteiger partial charge in [0.15, 0.2) is 5.78 Å². The number of anilines is 2. The highest BCUT2D eigenvalue weighted by atomic mass is 32.1. The largest absolute Gasteiger partial charge is 0.397 e. The van der Waals surface area contributed by atoms with Crippen LogP contribution >= 0.6 is 11.3 Å². The Bertz CT molecular complexity index is 451. The molecule has 19 heavy (non-hydrogen) atoms. The maximum atomic E-state index is 12.1. The van der Waals surface area contributed by atoms with Crippen LogP contribution in [0.5, 0.6) is 0 Å². The van der Waals surface area contributed by atoms with Crippen molar-refractivity contribution in [3.8, 4) is 0 Å². The van der Waals surface area contributed by atoms with E-state index in [0.29, 0.717) is 17.6 Å². The van der Waals surface area contributed by atoms with E-state index in [9.17, 15) is 4.79 Å². The van der Waals surface area contributed by atoms with Crippen LogP contribution in [0.3, 0.4) is 0 Å². The van der Waals surface area contributed by atoms with Gasteiger partial charge in [-0.15, -0.1) is 11.3 Å². The molecular weight excluding hydrogens is 256 g/mol. The Labute approximate surface area is 119 Å². The molecule has 0 bridgehead atoms. The molecule has 2 rings (SSSR count). The highest BCUT2D eigenvalue weighted by Gasteiger charge is 2.32. The average Bonchev–Trinajstić information content (AvgIpc) is 3.13. The number of Topliss-reactive ketones (excluding diaryl/α,β-unsaturated/α-hetero) is 1. The van der Waals surface area contributed by atoms with Gasteiger partial charge in [0, 0.05) is 12.0 Å². The molecule has 1 aliphatic rings. The molecule has 1 aliphatic carbocycles. The SMILES string of the molecule is CCC(C)CC(C)Nc1cc(N)c(C(=O)C2CC2)s1. The molecule has 0 aromatic carbocycles. The van der Waals surface area contributed by atoms with Gasteiger partial charge in [-0.3, -0.25) is 4.79 Å². The maximum absolute atomic E-state index is 12.1. The van der Waals surface area contributed by atoms with Crippen molar-refractivity contribution in [2.75, 3.05) is 11.1 Å². The Morgan fingerprint density at radius 2 is 2.21 bits per heavy atom. The molecule has 1 fully saturated rings. The fraction of sp³-hybridized carbons (Fsp3) is 0.667. The molecule has 1 heterocycles. The number of ketones is 1. The van der Waals surface area contributed by atoms with Crippen LogP contribution in [0.15, 0.2) is 6.07 Å². The fourth-order valence-corrected chi connectivity index (χ4v) is 3.38. The summed E-state index contributed by atoms with van der Waals surface area (Å²) in [5.74, 6) is 1.20. The summed E-state index contributed by atoms with van der Waals surface area (Å²) in [7, 11) is 0. The molecule has 0 spiro atoms. The smallest absolute Gasteiger partial charge is 0.178 e. The van der Waals surface area contributed by atoms with Gasteiger partial charge in [0.1, 0.15) is 0 Å². The third-order valence-electron chi connectivity index (χ3n) is 3.77. The quantitative estimate of drug-likeness (QED) is 0.737. The Kier molecular flexibility index (Phi) is 4.50. The van der Waals surface area contributed by atoms with Crippen LogP contribution in [0, 0.1) is 11.8 Å². The van der Waals surface area contributed by atoms with E-state index in [0.717, 1.165) is 29.1 Å². The Morgan fingerprint density at radius 3 is 2.79 bits per heavy atom. The highest BCUT2D eigenvalue weighted by Crippen LogP contribution is 2.39. The van der Waals surface area contributed by atoms with Gasteiger partial charge in [-0.25, -0.2) is 0 Å². The zero-order chi connectivity index (χ0) is 14.0. The van der Waals surface area contributed by atoms with Gasteiger partial charge in [-0.1, -0.05) is 20.3 Å². The van der Waals surface area contributed by atoms with E-state index < -0.39 is 0 Å². The summed E-state index contributed by atoms with van der Waals surface area (Å²) in [5, 5.41) is 4.49. The monoisotopic (exact) mass is 280 g/mol. The minimum atomic E-state index is 0.241. The lowest BCUT2D eigenvalue weighted by atomic mass is 10.0. The van der Waals surface area contributed by atoms with E-state index >= 15 is 0 Å². The van der Waals surface area contributed by atoms with Crippen molar-refractivity contribution in [1.29, 1.82) is 0 Å². The second-order valence-electron chi connectivity index (χ2n) is 5.83. The second-order valence-corrected chi connectivity index (χ2v) is 6.88. The Morgan fingerprint density at radius 1 is 1.53 bits per heavy atom. The predicted octanol–water partition coefficient (Wildman–Crippen LogP) is 4.16. The predicted molar refractivity (Wildman–Crippen MR) is 82.9 cm³/mol. The van der Waals surface area contributed by atoms with Crippen LogP contribution < -0.4 is 11.1 Å². The summed E-state index contributed by atoms with van der Waals surface area (Å²) >= 11 is 1.51. The van der Waals surface area contributed by atoms with Crippen LogP contribution in [0.25, 0.3) is 0 Å². The maximum Gasteiger partial charge on any atom is 0.178 e. The van der Waals surface area contributed by atoms with Crippen LogP contribution in [0.2, 0.25) is 0 Å². The van der Waals surface area contributed by atoms with Crippen LogP contribution in [-0.2, 0) is 0 Å². The summed E-state index contributed by atoms with van der Waals surface area (Å²) < 4.78 is 0. The summed E-state index contributed by atoms with van der Waals surface area (Å²) in [6, 6.07) is 2.32. The first kappa shape index (κ1) is 14.4. The number of hydrogen-bond donors (Lipinski definition) is 2. The first-order valence-electron chi connectivity index (χ1n) is 7.21. The first-order valence-corrected chi connectivity index (χ1v) is 8.03. The van der Waals surface area contributed by atoms with Crippen molar-refractivity contribution in [3.63, 3.8) is 0 Å². The van der Waals surface area contributed by atoms with Gasteiger partial charge in [-0.2, -0.15) is 0 Å². The molecule has 106 valence electrons. The molecule has 2 unspecified atom stereocenters. The second kappa shape index (κ2) is 5.95. The Balaban J connectivity index is 1.97. The number of nitrogens with two attached hydrogens (primary N) is 1. The van der Waals surface area contributed by atoms with Gasteiger partial charge in [0.2, 0.25) is 0 Å². The Hall–Kier alpha value is -1.03. The fourth-order valence-electron chi connectivity index (χ4n) is 2.27. The molecule has 0 amide bonds. The van der Waals surface area contributed by atoms with Crippen LogP contribution in [-0.4, -0.2) is 11.8 Å². The van der Waals surface area contributed by atoms with Crippen molar-refractivity contribution in [3.05, 3.63) is 10.9 Å². The highest BCUT2D eigenvalue weighted by molar-refractivity contribution is 7.18. The van der Waals surface area contributed by atoms with Crippen LogP contribution in [0.4, 0.5) is 10.7 Å². The van der Waals surface area contributed by atoms with Gasteiger partial charge < -0.3 is 11.1 Å². The van der Waals surface area contributed by atoms with E-state index in [1.165, 1.54) is 17.8 Å². The molecule has 0 saturated heterocycles. The number of rotatable bonds is 7. The standard InChI is InChI=1S/C15H24N2OS/c1-4-9(2)7-10(3)17-13-8-12(16)15(19-13)14(18)11-5-6-11/h8-11,17H,4-7,16H2,1-3H3. The third kappa shape index (κ3) is 3.72. The topological polar surface area (TPSA) is 55.1 Å². The number of carbonyl (C=O) groups excluding carboxylic acids is 1. The van der Waals surface area contributed by atoms with Crippen molar-refractivity contribution < 1.29 is 4.79 Å². The van der Waals surface area contributed by atoms with Crippen molar-refractivity contribution in [1.82, 2.24) is 0 Å². The number of nitrogen functional groups attached to an aromatic ring is 1. The molecule has 3 N–H and O–H groups in total. The van der Waals surface area contributed by atoms with Gasteiger partial charge in [0.25, 0.3) is 0 Å². The molecule has 1 aromatic rings. The summed E-state index contributed by atoms with van der Waals surface area (Å²) in [4.78, 5) is 12.8. The van der Waals surface area contributed by atoms with Crippen molar-refractivity contribution >= 4 is 27.8 Å². The average molecular weight is 280 g/mol. The van der Waals surface area contributed by atoms with Gasteiger partial charge >= 0.3 is 0 Å². The number of carbonyl (C=O) groups is 1. The summed E-state index contributed by atoms with van der Waals surface area (Å²) in [6.07, 6.45) is 4.40. The van der Waals surface area contributed by atoms with E-state index in [1.807, 2.05) is 6.07 Å². The molecule has 2 atom stereocenters. The van der Waals surface area contributed by atoms with Gasteiger partial charge in [0.05, 0.1) is 15.6 Å². The first-order chi connectivity index (χ1) is 9.01. The van der Waals surface area contributed by atoms with E-state index in [-0.39, 0.29) is 11.7 Å². The van der Waals surface area contributed by atoms with Crippen molar-refractivity contribution in [2.45, 2.75) is 52.5 Å². The van der Waals surface area contributed by atoms with Crippen LogP contribution in [0.1, 0.15) is 56.1 Å². The molecule has 0 radical (unpaired) electrons. The molecule has 1 aromatic heterocycles. The molecule has 1 saturated carbocycles. The zero-order valence-corrected chi connectivity index (χ0v) is 12.8. The van der Waals surface area contributed by atoms with Crippen molar-refractivity contribution in [2.24, 2.45) is 11.8 Å².